The quantitative estimate of drug-likeness (QED) is 0.127. The number of aliphatic hydroxyl groups excluding tert-OH is 1. The summed E-state index contributed by atoms with van der Waals surface area (Å²) in [6.45, 7) is 0.332. The molecule has 6 bridgehead atoms. The highest BCUT2D eigenvalue weighted by Gasteiger charge is 2.27. The number of aliphatic hydroxyl groups is 1. The van der Waals surface area contributed by atoms with Crippen LogP contribution in [-0.4, -0.2) is 34.3 Å². The van der Waals surface area contributed by atoms with Gasteiger partial charge in [-0.15, -0.1) is 0 Å². The van der Waals surface area contributed by atoms with Crippen LogP contribution in [0.5, 0.6) is 23.0 Å². The van der Waals surface area contributed by atoms with Crippen molar-refractivity contribution in [3.63, 3.8) is 0 Å². The number of allylic oxidation sites excluding steroid dienone is 3. The minimum Gasteiger partial charge on any atom is -0.508 e. The van der Waals surface area contributed by atoms with Gasteiger partial charge in [-0.1, -0.05) is 54.8 Å². The van der Waals surface area contributed by atoms with Gasteiger partial charge < -0.3 is 29.5 Å². The Morgan fingerprint density at radius 2 is 1.80 bits per heavy atom. The smallest absolute Gasteiger partial charge is 0.161 e. The summed E-state index contributed by atoms with van der Waals surface area (Å²) in [7, 11) is 1.61. The largest absolute Gasteiger partial charge is 0.508 e. The number of fused-ring (bicyclic) bond motifs is 9. The first kappa shape index (κ1) is 34.5. The Bertz CT molecular complexity index is 1950. The third kappa shape index (κ3) is 9.00. The molecule has 7 heteroatoms. The van der Waals surface area contributed by atoms with Crippen molar-refractivity contribution in [3.8, 4) is 35.0 Å². The molecule has 50 heavy (non-hydrogen) atoms. The average molecular weight is 673 g/mol. The van der Waals surface area contributed by atoms with Gasteiger partial charge in [-0.25, -0.2) is 0 Å². The number of carbonyl (C=O) groups excluding carboxylic acids is 1. The lowest BCUT2D eigenvalue weighted by Gasteiger charge is -2.28. The third-order valence-electron chi connectivity index (χ3n) is 9.65. The standard InChI is InChI=1S/C43H44O7/c1-48-42-20-13-30-11-16-37(46)27-38(26-34-25-36(45)17-14-32(34)8-3-2-6-29-7-4-9-35(44)23-29)49-21-5-10-40-39-18-12-31(28-50-43(42)24-30)22-33(39)15-19-41(40)47/h4,7,9,12-15,17-20,22-25,32,34,38,44-45,47H,2-3,6,8,10-11,16,26-28H2,1H3/t32-,34+,38+/m1/s1. The Balaban J connectivity index is 1.21. The molecule has 0 fully saturated rings. The number of ether oxygens (including phenoxy) is 3. The fourth-order valence-corrected chi connectivity index (χ4v) is 6.96. The summed E-state index contributed by atoms with van der Waals surface area (Å²) in [4.78, 5) is 13.4. The highest BCUT2D eigenvalue weighted by Crippen LogP contribution is 2.34. The summed E-state index contributed by atoms with van der Waals surface area (Å²) >= 11 is 0. The van der Waals surface area contributed by atoms with Gasteiger partial charge in [-0.3, -0.25) is 4.79 Å². The average Bonchev–Trinajstić information content (AvgIpc) is 3.11. The van der Waals surface area contributed by atoms with Crippen molar-refractivity contribution in [2.24, 2.45) is 11.8 Å². The molecule has 0 aromatic heterocycles. The van der Waals surface area contributed by atoms with E-state index in [-0.39, 0.29) is 47.7 Å². The molecule has 0 saturated heterocycles. The maximum absolute atomic E-state index is 13.4. The van der Waals surface area contributed by atoms with Gasteiger partial charge in [0.2, 0.25) is 0 Å². The Morgan fingerprint density at radius 1 is 0.920 bits per heavy atom. The van der Waals surface area contributed by atoms with Gasteiger partial charge in [0.1, 0.15) is 41.9 Å². The van der Waals surface area contributed by atoms with Gasteiger partial charge in [0.05, 0.1) is 7.11 Å². The summed E-state index contributed by atoms with van der Waals surface area (Å²) in [6.07, 6.45) is 13.7. The van der Waals surface area contributed by atoms with Crippen LogP contribution < -0.4 is 9.47 Å². The van der Waals surface area contributed by atoms with E-state index < -0.39 is 6.10 Å². The van der Waals surface area contributed by atoms with Crippen LogP contribution >= 0.6 is 0 Å². The number of unbranched alkanes of at least 4 members (excludes halogenated alkanes) is 1. The second-order valence-corrected chi connectivity index (χ2v) is 13.3. The minimum absolute atomic E-state index is 0.0282. The van der Waals surface area contributed by atoms with Gasteiger partial charge in [-0.2, -0.15) is 0 Å². The van der Waals surface area contributed by atoms with Crippen molar-refractivity contribution >= 4 is 16.6 Å². The number of ketones is 1. The van der Waals surface area contributed by atoms with Crippen LogP contribution in [0.25, 0.3) is 10.8 Å². The van der Waals surface area contributed by atoms with Crippen molar-refractivity contribution in [3.05, 3.63) is 119 Å². The van der Waals surface area contributed by atoms with Gasteiger partial charge in [-0.05, 0) is 120 Å². The summed E-state index contributed by atoms with van der Waals surface area (Å²) in [5.41, 5.74) is 3.76. The maximum atomic E-state index is 13.4. The summed E-state index contributed by atoms with van der Waals surface area (Å²) in [5, 5.41) is 32.9. The predicted molar refractivity (Wildman–Crippen MR) is 194 cm³/mol. The topological polar surface area (TPSA) is 105 Å². The van der Waals surface area contributed by atoms with E-state index in [2.05, 4.69) is 18.1 Å². The van der Waals surface area contributed by atoms with E-state index >= 15 is 0 Å². The first-order chi connectivity index (χ1) is 24.3. The van der Waals surface area contributed by atoms with Gasteiger partial charge in [0, 0.05) is 24.8 Å². The maximum Gasteiger partial charge on any atom is 0.161 e. The molecule has 1 aliphatic carbocycles. The van der Waals surface area contributed by atoms with Crippen molar-refractivity contribution in [1.82, 2.24) is 0 Å². The zero-order valence-electron chi connectivity index (χ0n) is 28.4. The molecular weight excluding hydrogens is 628 g/mol. The molecule has 3 atom stereocenters. The molecule has 7 rings (SSSR count). The number of hydrogen-bond donors (Lipinski definition) is 3. The van der Waals surface area contributed by atoms with Gasteiger partial charge in [0.15, 0.2) is 11.5 Å². The molecule has 0 amide bonds. The van der Waals surface area contributed by atoms with Crippen LogP contribution in [0.15, 0.2) is 96.8 Å². The first-order valence-electron chi connectivity index (χ1n) is 17.4. The van der Waals surface area contributed by atoms with Crippen molar-refractivity contribution in [1.29, 1.82) is 0 Å². The van der Waals surface area contributed by atoms with Crippen LogP contribution in [0.4, 0.5) is 0 Å². The molecule has 4 aromatic rings. The van der Waals surface area contributed by atoms with E-state index in [0.29, 0.717) is 42.9 Å². The van der Waals surface area contributed by atoms with Gasteiger partial charge in [0.25, 0.3) is 0 Å². The van der Waals surface area contributed by atoms with Crippen molar-refractivity contribution < 1.29 is 34.3 Å². The Morgan fingerprint density at radius 3 is 2.66 bits per heavy atom. The van der Waals surface area contributed by atoms with Crippen molar-refractivity contribution in [2.75, 3.05) is 7.11 Å². The molecule has 0 saturated carbocycles. The number of phenolic OH excluding ortho intramolecular Hbond substituents is 2. The lowest BCUT2D eigenvalue weighted by Crippen LogP contribution is -2.24. The van der Waals surface area contributed by atoms with E-state index in [1.54, 1.807) is 31.4 Å². The van der Waals surface area contributed by atoms with E-state index in [9.17, 15) is 20.1 Å². The van der Waals surface area contributed by atoms with Crippen LogP contribution in [0.2, 0.25) is 0 Å². The second-order valence-electron chi connectivity index (χ2n) is 13.3. The molecule has 3 aliphatic rings. The number of aromatic hydroxyl groups is 2. The van der Waals surface area contributed by atoms with Crippen LogP contribution in [-0.2, 0) is 35.4 Å². The summed E-state index contributed by atoms with van der Waals surface area (Å²) in [5.74, 6) is 5.19. The number of rotatable bonds is 8. The zero-order chi connectivity index (χ0) is 34.9. The summed E-state index contributed by atoms with van der Waals surface area (Å²) < 4.78 is 17.9. The molecule has 2 heterocycles. The number of phenols is 2. The Labute approximate surface area is 293 Å². The zero-order valence-corrected chi connectivity index (χ0v) is 28.4. The molecular formula is C43H44O7. The molecule has 258 valence electrons. The normalized spacial score (nSPS) is 19.3. The monoisotopic (exact) mass is 672 g/mol. The van der Waals surface area contributed by atoms with Crippen LogP contribution in [0.3, 0.4) is 0 Å². The molecule has 0 spiro atoms. The molecule has 3 N–H and O–H groups in total. The van der Waals surface area contributed by atoms with Crippen LogP contribution in [0, 0.1) is 23.9 Å². The van der Waals surface area contributed by atoms with Crippen molar-refractivity contribution in [2.45, 2.75) is 70.5 Å². The highest BCUT2D eigenvalue weighted by atomic mass is 16.5. The first-order valence-corrected chi connectivity index (χ1v) is 17.4. The van der Waals surface area contributed by atoms with E-state index in [1.165, 1.54) is 0 Å². The number of hydrogen-bond acceptors (Lipinski definition) is 7. The SMILES string of the molecule is COc1ccc2cc1OCc1ccc3c(c(O)ccc3c1)CC#CO[C@@H](C[C@@H]1C=C(O)C=C[C@H]1CCCCc1cccc(O)c1)CC(=O)CC2. The number of methoxy groups -OCH3 is 1. The number of benzene rings is 4. The number of carbonyl (C=O) groups is 1. The Kier molecular flexibility index (Phi) is 11.3. The van der Waals surface area contributed by atoms with Gasteiger partial charge >= 0.3 is 0 Å². The van der Waals surface area contributed by atoms with E-state index in [0.717, 1.165) is 53.1 Å². The number of aryl methyl sites for hydroxylation is 2. The highest BCUT2D eigenvalue weighted by molar-refractivity contribution is 5.88. The molecule has 7 nitrogen and oxygen atoms in total. The Hall–Kier alpha value is -5.35. The predicted octanol–water partition coefficient (Wildman–Crippen LogP) is 8.68. The molecule has 2 aliphatic heterocycles. The fourth-order valence-electron chi connectivity index (χ4n) is 6.96. The second kappa shape index (κ2) is 16.4. The lowest BCUT2D eigenvalue weighted by atomic mass is 9.80. The number of Topliss-reactive ketones (excluding diaryl/α,β-unsaturated/α-hetero) is 1. The lowest BCUT2D eigenvalue weighted by molar-refractivity contribution is -0.121. The molecule has 0 radical (unpaired) electrons. The summed E-state index contributed by atoms with van der Waals surface area (Å²) in [6, 6.07) is 22.7. The van der Waals surface area contributed by atoms with Crippen LogP contribution in [0.1, 0.15) is 60.8 Å². The van der Waals surface area contributed by atoms with E-state index in [4.69, 9.17) is 14.2 Å². The fraction of sp³-hybridized carbons (Fsp3) is 0.326. The van der Waals surface area contributed by atoms with E-state index in [1.807, 2.05) is 60.7 Å². The molecule has 4 aromatic carbocycles. The minimum atomic E-state index is -0.481. The third-order valence-corrected chi connectivity index (χ3v) is 9.65. The molecule has 0 unspecified atom stereocenters.